The molecule has 1 atom stereocenters. The zero-order chi connectivity index (χ0) is 12.4. The Bertz CT molecular complexity index is 529. The fraction of sp³-hybridized carbons (Fsp3) is 0.571. The van der Waals surface area contributed by atoms with Crippen LogP contribution in [0.4, 0.5) is 0 Å². The second-order valence-electron chi connectivity index (χ2n) is 4.83. The Hall–Kier alpha value is -1.03. The SMILES string of the molecule is CCc1nc2cccnc2n1CC1CCCCS1. The highest BCUT2D eigenvalue weighted by Crippen LogP contribution is 2.27. The quantitative estimate of drug-likeness (QED) is 0.849. The first kappa shape index (κ1) is 12.0. The van der Waals surface area contributed by atoms with Gasteiger partial charge in [0.25, 0.3) is 0 Å². The predicted octanol–water partition coefficient (Wildman–Crippen LogP) is 3.28. The summed E-state index contributed by atoms with van der Waals surface area (Å²) in [6, 6.07) is 4.03. The average molecular weight is 261 g/mol. The third-order valence-electron chi connectivity index (χ3n) is 3.56. The van der Waals surface area contributed by atoms with Gasteiger partial charge in [-0.3, -0.25) is 0 Å². The molecule has 1 fully saturated rings. The van der Waals surface area contributed by atoms with Crippen LogP contribution in [0.3, 0.4) is 0 Å². The zero-order valence-electron chi connectivity index (χ0n) is 10.8. The molecule has 0 saturated carbocycles. The maximum absolute atomic E-state index is 4.69. The third kappa shape index (κ3) is 2.26. The highest BCUT2D eigenvalue weighted by atomic mass is 32.2. The number of nitrogens with zero attached hydrogens (tertiary/aromatic N) is 3. The molecule has 0 aliphatic carbocycles. The molecule has 0 N–H and O–H groups in total. The molecule has 0 radical (unpaired) electrons. The summed E-state index contributed by atoms with van der Waals surface area (Å²) in [5.41, 5.74) is 2.09. The van der Waals surface area contributed by atoms with E-state index in [9.17, 15) is 0 Å². The first-order valence-corrected chi connectivity index (χ1v) is 7.85. The van der Waals surface area contributed by atoms with Crippen molar-refractivity contribution >= 4 is 22.9 Å². The molecule has 1 aliphatic rings. The number of aryl methyl sites for hydroxylation is 1. The van der Waals surface area contributed by atoms with E-state index in [0.29, 0.717) is 0 Å². The van der Waals surface area contributed by atoms with Crippen LogP contribution in [0.15, 0.2) is 18.3 Å². The van der Waals surface area contributed by atoms with Gasteiger partial charge < -0.3 is 4.57 Å². The van der Waals surface area contributed by atoms with Crippen LogP contribution in [-0.2, 0) is 13.0 Å². The monoisotopic (exact) mass is 261 g/mol. The van der Waals surface area contributed by atoms with E-state index in [4.69, 9.17) is 0 Å². The molecule has 1 saturated heterocycles. The van der Waals surface area contributed by atoms with E-state index in [2.05, 4.69) is 39.3 Å². The van der Waals surface area contributed by atoms with Crippen LogP contribution in [0.1, 0.15) is 32.0 Å². The van der Waals surface area contributed by atoms with Crippen molar-refractivity contribution < 1.29 is 0 Å². The topological polar surface area (TPSA) is 30.7 Å². The van der Waals surface area contributed by atoms with Gasteiger partial charge in [0.05, 0.1) is 0 Å². The molecule has 3 rings (SSSR count). The molecular formula is C14H19N3S. The molecular weight excluding hydrogens is 242 g/mol. The fourth-order valence-electron chi connectivity index (χ4n) is 2.62. The summed E-state index contributed by atoms with van der Waals surface area (Å²) >= 11 is 2.11. The predicted molar refractivity (Wildman–Crippen MR) is 77.0 cm³/mol. The van der Waals surface area contributed by atoms with E-state index < -0.39 is 0 Å². The molecule has 3 heterocycles. The fourth-order valence-corrected chi connectivity index (χ4v) is 3.91. The van der Waals surface area contributed by atoms with Crippen LogP contribution in [0, 0.1) is 0 Å². The highest BCUT2D eigenvalue weighted by molar-refractivity contribution is 7.99. The Kier molecular flexibility index (Phi) is 3.55. The minimum Gasteiger partial charge on any atom is -0.312 e. The van der Waals surface area contributed by atoms with Crippen molar-refractivity contribution in [3.63, 3.8) is 0 Å². The molecule has 1 aliphatic heterocycles. The number of rotatable bonds is 3. The Morgan fingerprint density at radius 2 is 2.39 bits per heavy atom. The van der Waals surface area contributed by atoms with Gasteiger partial charge in [-0.2, -0.15) is 11.8 Å². The number of pyridine rings is 1. The summed E-state index contributed by atoms with van der Waals surface area (Å²) in [5, 5.41) is 0.739. The van der Waals surface area contributed by atoms with Crippen molar-refractivity contribution in [3.05, 3.63) is 24.2 Å². The maximum Gasteiger partial charge on any atom is 0.160 e. The van der Waals surface area contributed by atoms with Crippen LogP contribution in [-0.4, -0.2) is 25.5 Å². The van der Waals surface area contributed by atoms with Crippen LogP contribution in [0.25, 0.3) is 11.2 Å². The number of hydrogen-bond acceptors (Lipinski definition) is 3. The molecule has 96 valence electrons. The lowest BCUT2D eigenvalue weighted by molar-refractivity contribution is 0.575. The summed E-state index contributed by atoms with van der Waals surface area (Å²) < 4.78 is 2.33. The van der Waals surface area contributed by atoms with Gasteiger partial charge in [-0.1, -0.05) is 13.3 Å². The van der Waals surface area contributed by atoms with Gasteiger partial charge in [-0.25, -0.2) is 9.97 Å². The van der Waals surface area contributed by atoms with E-state index in [1.54, 1.807) is 0 Å². The Balaban J connectivity index is 1.93. The summed E-state index contributed by atoms with van der Waals surface area (Å²) in [6.07, 6.45) is 6.94. The Labute approximate surface area is 112 Å². The highest BCUT2D eigenvalue weighted by Gasteiger charge is 2.18. The van der Waals surface area contributed by atoms with Gasteiger partial charge in [0, 0.05) is 24.4 Å². The smallest absolute Gasteiger partial charge is 0.160 e. The summed E-state index contributed by atoms with van der Waals surface area (Å²) in [4.78, 5) is 9.19. The van der Waals surface area contributed by atoms with Crippen molar-refractivity contribution in [2.24, 2.45) is 0 Å². The average Bonchev–Trinajstić information content (AvgIpc) is 2.78. The molecule has 0 amide bonds. The normalized spacial score (nSPS) is 20.4. The van der Waals surface area contributed by atoms with Crippen molar-refractivity contribution in [3.8, 4) is 0 Å². The van der Waals surface area contributed by atoms with Gasteiger partial charge in [0.15, 0.2) is 5.65 Å². The van der Waals surface area contributed by atoms with Crippen LogP contribution in [0.2, 0.25) is 0 Å². The Morgan fingerprint density at radius 3 is 3.17 bits per heavy atom. The molecule has 18 heavy (non-hydrogen) atoms. The van der Waals surface area contributed by atoms with Crippen molar-refractivity contribution in [1.29, 1.82) is 0 Å². The van der Waals surface area contributed by atoms with Gasteiger partial charge in [-0.05, 0) is 30.7 Å². The zero-order valence-corrected chi connectivity index (χ0v) is 11.6. The summed E-state index contributed by atoms with van der Waals surface area (Å²) in [5.74, 6) is 2.49. The molecule has 4 heteroatoms. The first-order chi connectivity index (χ1) is 8.88. The second-order valence-corrected chi connectivity index (χ2v) is 6.24. The first-order valence-electron chi connectivity index (χ1n) is 6.80. The number of aromatic nitrogens is 3. The molecule has 2 aromatic rings. The lowest BCUT2D eigenvalue weighted by atomic mass is 10.2. The van der Waals surface area contributed by atoms with E-state index in [1.165, 1.54) is 30.8 Å². The number of imidazole rings is 1. The number of hydrogen-bond donors (Lipinski definition) is 0. The van der Waals surface area contributed by atoms with E-state index in [1.807, 2.05) is 12.3 Å². The number of thioether (sulfide) groups is 1. The maximum atomic E-state index is 4.69. The minimum atomic E-state index is 0.739. The Morgan fingerprint density at radius 1 is 1.44 bits per heavy atom. The largest absolute Gasteiger partial charge is 0.312 e. The number of fused-ring (bicyclic) bond motifs is 1. The summed E-state index contributed by atoms with van der Waals surface area (Å²) in [6.45, 7) is 3.24. The molecule has 0 aromatic carbocycles. The van der Waals surface area contributed by atoms with Crippen molar-refractivity contribution in [1.82, 2.24) is 14.5 Å². The second kappa shape index (κ2) is 5.31. The molecule has 1 unspecified atom stereocenters. The van der Waals surface area contributed by atoms with E-state index >= 15 is 0 Å². The van der Waals surface area contributed by atoms with E-state index in [0.717, 1.165) is 29.4 Å². The lowest BCUT2D eigenvalue weighted by Gasteiger charge is -2.22. The lowest BCUT2D eigenvalue weighted by Crippen LogP contribution is -2.18. The standard InChI is InChI=1S/C14H19N3S/c1-2-13-16-12-7-5-8-15-14(12)17(13)10-11-6-3-4-9-18-11/h5,7-8,11H,2-4,6,9-10H2,1H3. The molecule has 3 nitrogen and oxygen atoms in total. The van der Waals surface area contributed by atoms with Gasteiger partial charge in [0.2, 0.25) is 0 Å². The van der Waals surface area contributed by atoms with Crippen molar-refractivity contribution in [2.45, 2.75) is 44.4 Å². The van der Waals surface area contributed by atoms with Gasteiger partial charge >= 0.3 is 0 Å². The van der Waals surface area contributed by atoms with Gasteiger partial charge in [-0.15, -0.1) is 0 Å². The van der Waals surface area contributed by atoms with Crippen LogP contribution in [0.5, 0.6) is 0 Å². The van der Waals surface area contributed by atoms with Crippen LogP contribution >= 0.6 is 11.8 Å². The third-order valence-corrected chi connectivity index (χ3v) is 4.94. The summed E-state index contributed by atoms with van der Waals surface area (Å²) in [7, 11) is 0. The van der Waals surface area contributed by atoms with Crippen LogP contribution < -0.4 is 0 Å². The van der Waals surface area contributed by atoms with Crippen molar-refractivity contribution in [2.75, 3.05) is 5.75 Å². The molecule has 0 spiro atoms. The molecule has 0 bridgehead atoms. The molecule has 2 aromatic heterocycles. The minimum absolute atomic E-state index is 0.739. The van der Waals surface area contributed by atoms with E-state index in [-0.39, 0.29) is 0 Å². The van der Waals surface area contributed by atoms with Gasteiger partial charge in [0.1, 0.15) is 11.3 Å².